The van der Waals surface area contributed by atoms with Gasteiger partial charge in [0.1, 0.15) is 5.75 Å². The van der Waals surface area contributed by atoms with Crippen molar-refractivity contribution in [2.24, 2.45) is 10.9 Å². The molecule has 1 heterocycles. The fourth-order valence-electron chi connectivity index (χ4n) is 4.17. The van der Waals surface area contributed by atoms with Gasteiger partial charge in [0.05, 0.1) is 23.7 Å². The number of aliphatic imine (C=N–C) groups is 1. The lowest BCUT2D eigenvalue weighted by Gasteiger charge is -2.15. The van der Waals surface area contributed by atoms with Crippen molar-refractivity contribution in [3.63, 3.8) is 0 Å². The number of benzene rings is 4. The summed E-state index contributed by atoms with van der Waals surface area (Å²) in [6, 6.07) is 30.3. The normalized spacial score (nSPS) is 15.9. The number of amidine groups is 1. The Labute approximate surface area is 222 Å². The van der Waals surface area contributed by atoms with Crippen molar-refractivity contribution in [1.29, 1.82) is 0 Å². The Bertz CT molecular complexity index is 1470. The molecule has 5 rings (SSSR count). The van der Waals surface area contributed by atoms with Crippen molar-refractivity contribution < 1.29 is 9.53 Å². The molecule has 1 fully saturated rings. The second-order valence-electron chi connectivity index (χ2n) is 9.62. The van der Waals surface area contributed by atoms with Crippen LogP contribution in [-0.2, 0) is 11.3 Å². The van der Waals surface area contributed by atoms with E-state index in [-0.39, 0.29) is 5.91 Å². The molecule has 0 atom stereocenters. The third-order valence-corrected chi connectivity index (χ3v) is 7.11. The van der Waals surface area contributed by atoms with E-state index >= 15 is 0 Å². The van der Waals surface area contributed by atoms with E-state index in [9.17, 15) is 4.79 Å². The summed E-state index contributed by atoms with van der Waals surface area (Å²) < 4.78 is 6.08. The number of hydrogen-bond acceptors (Lipinski definition) is 4. The van der Waals surface area contributed by atoms with Crippen LogP contribution in [0, 0.1) is 12.8 Å². The van der Waals surface area contributed by atoms with Gasteiger partial charge in [0.15, 0.2) is 5.17 Å². The lowest BCUT2D eigenvalue weighted by Crippen LogP contribution is -2.28. The Kier molecular flexibility index (Phi) is 7.42. The number of hydrogen-bond donors (Lipinski definition) is 0. The molecule has 4 aromatic rings. The topological polar surface area (TPSA) is 41.9 Å². The maximum Gasteiger partial charge on any atom is 0.267 e. The molecule has 0 N–H and O–H groups in total. The summed E-state index contributed by atoms with van der Waals surface area (Å²) in [5, 5.41) is 2.79. The van der Waals surface area contributed by atoms with Gasteiger partial charge in [0.25, 0.3) is 5.91 Å². The first-order chi connectivity index (χ1) is 18.0. The van der Waals surface area contributed by atoms with Gasteiger partial charge in [-0.1, -0.05) is 92.2 Å². The van der Waals surface area contributed by atoms with Gasteiger partial charge in [-0.15, -0.1) is 0 Å². The van der Waals surface area contributed by atoms with E-state index in [1.165, 1.54) is 17.3 Å². The average Bonchev–Trinajstić information content (AvgIpc) is 3.19. The van der Waals surface area contributed by atoms with Crippen LogP contribution in [0.5, 0.6) is 5.75 Å². The molecular formula is C32H30N2O2S. The van der Waals surface area contributed by atoms with Crippen LogP contribution < -0.4 is 4.74 Å². The molecule has 0 radical (unpaired) electrons. The van der Waals surface area contributed by atoms with Gasteiger partial charge in [-0.25, -0.2) is 4.99 Å². The van der Waals surface area contributed by atoms with Crippen LogP contribution in [0.4, 0.5) is 5.69 Å². The predicted molar refractivity (Wildman–Crippen MR) is 155 cm³/mol. The number of fused-ring (bicyclic) bond motifs is 1. The van der Waals surface area contributed by atoms with E-state index in [4.69, 9.17) is 9.73 Å². The third kappa shape index (κ3) is 5.78. The highest BCUT2D eigenvalue weighted by atomic mass is 32.2. The van der Waals surface area contributed by atoms with Crippen LogP contribution in [0.3, 0.4) is 0 Å². The van der Waals surface area contributed by atoms with Crippen molar-refractivity contribution in [2.45, 2.75) is 27.3 Å². The third-order valence-electron chi connectivity index (χ3n) is 6.11. The number of amides is 1. The van der Waals surface area contributed by atoms with E-state index in [2.05, 4.69) is 32.9 Å². The molecule has 37 heavy (non-hydrogen) atoms. The Morgan fingerprint density at radius 3 is 2.32 bits per heavy atom. The predicted octanol–water partition coefficient (Wildman–Crippen LogP) is 7.99. The first-order valence-electron chi connectivity index (χ1n) is 12.5. The van der Waals surface area contributed by atoms with Crippen LogP contribution in [0.25, 0.3) is 16.8 Å². The number of thioether (sulfide) groups is 1. The molecular weight excluding hydrogens is 476 g/mol. The molecule has 1 aliphatic heterocycles. The molecule has 1 saturated heterocycles. The molecule has 1 amide bonds. The van der Waals surface area contributed by atoms with Gasteiger partial charge in [0, 0.05) is 5.39 Å². The lowest BCUT2D eigenvalue weighted by molar-refractivity contribution is -0.122. The first-order valence-corrected chi connectivity index (χ1v) is 13.3. The maximum absolute atomic E-state index is 13.7. The molecule has 186 valence electrons. The van der Waals surface area contributed by atoms with E-state index in [1.807, 2.05) is 84.9 Å². The Morgan fingerprint density at radius 1 is 0.892 bits per heavy atom. The first kappa shape index (κ1) is 24.8. The van der Waals surface area contributed by atoms with Gasteiger partial charge in [-0.2, -0.15) is 0 Å². The zero-order chi connectivity index (χ0) is 25.8. The molecule has 0 aliphatic carbocycles. The van der Waals surface area contributed by atoms with Crippen molar-refractivity contribution in [1.82, 2.24) is 4.90 Å². The molecule has 5 heteroatoms. The summed E-state index contributed by atoms with van der Waals surface area (Å²) in [7, 11) is 0. The van der Waals surface area contributed by atoms with Gasteiger partial charge in [-0.3, -0.25) is 9.69 Å². The van der Waals surface area contributed by atoms with Crippen LogP contribution in [0.15, 0.2) is 101 Å². The van der Waals surface area contributed by atoms with Crippen molar-refractivity contribution in [2.75, 3.05) is 6.61 Å². The summed E-state index contributed by atoms with van der Waals surface area (Å²) in [6.45, 7) is 7.46. The van der Waals surface area contributed by atoms with Crippen molar-refractivity contribution in [3.05, 3.63) is 113 Å². The molecule has 0 aromatic heterocycles. The molecule has 4 nitrogen and oxygen atoms in total. The number of nitrogens with zero attached hydrogens (tertiary/aromatic N) is 2. The van der Waals surface area contributed by atoms with Crippen molar-refractivity contribution in [3.8, 4) is 5.75 Å². The zero-order valence-electron chi connectivity index (χ0n) is 21.3. The Balaban J connectivity index is 1.53. The molecule has 0 spiro atoms. The quantitative estimate of drug-likeness (QED) is 0.239. The van der Waals surface area contributed by atoms with E-state index in [0.717, 1.165) is 33.3 Å². The second-order valence-corrected chi connectivity index (χ2v) is 10.6. The van der Waals surface area contributed by atoms with E-state index < -0.39 is 0 Å². The summed E-state index contributed by atoms with van der Waals surface area (Å²) in [4.78, 5) is 21.0. The Morgan fingerprint density at radius 2 is 1.59 bits per heavy atom. The lowest BCUT2D eigenvalue weighted by atomic mass is 10.0. The van der Waals surface area contributed by atoms with Crippen LogP contribution in [-0.4, -0.2) is 22.6 Å². The van der Waals surface area contributed by atoms with Crippen LogP contribution in [0.1, 0.15) is 30.5 Å². The van der Waals surface area contributed by atoms with E-state index in [0.29, 0.717) is 29.1 Å². The Hall–Kier alpha value is -3.83. The maximum atomic E-state index is 13.7. The minimum absolute atomic E-state index is 0.0380. The number of aryl methyl sites for hydroxylation is 1. The fraction of sp³-hybridized carbons (Fsp3) is 0.188. The average molecular weight is 507 g/mol. The summed E-state index contributed by atoms with van der Waals surface area (Å²) in [5.74, 6) is 1.27. The standard InChI is InChI=1S/C32H30N2O2S/c1-22(2)21-36-29-18-15-25(27-11-7-8-12-28(27)29)19-30-31(35)34(20-24-9-5-4-6-10-24)32(37-30)33-26-16-13-23(3)14-17-26/h4-19,22H,20-21H2,1-3H3/b30-19+,33-32?. The molecule has 1 aliphatic rings. The number of carbonyl (C=O) groups is 1. The highest BCUT2D eigenvalue weighted by molar-refractivity contribution is 8.18. The summed E-state index contributed by atoms with van der Waals surface area (Å²) >= 11 is 1.42. The van der Waals surface area contributed by atoms with E-state index in [1.54, 1.807) is 4.90 Å². The summed E-state index contributed by atoms with van der Waals surface area (Å²) in [5.41, 5.74) is 4.05. The fourth-order valence-corrected chi connectivity index (χ4v) is 5.16. The van der Waals surface area contributed by atoms with Gasteiger partial charge in [-0.05, 0) is 65.4 Å². The minimum atomic E-state index is -0.0380. The zero-order valence-corrected chi connectivity index (χ0v) is 22.2. The smallest absolute Gasteiger partial charge is 0.267 e. The van der Waals surface area contributed by atoms with Gasteiger partial charge in [0.2, 0.25) is 0 Å². The minimum Gasteiger partial charge on any atom is -0.493 e. The van der Waals surface area contributed by atoms with Gasteiger partial charge < -0.3 is 4.74 Å². The number of rotatable bonds is 7. The largest absolute Gasteiger partial charge is 0.493 e. The monoisotopic (exact) mass is 506 g/mol. The molecule has 0 bridgehead atoms. The SMILES string of the molecule is Cc1ccc(N=C2S/C(=C/c3ccc(OCC(C)C)c4ccccc34)C(=O)N2Cc2ccccc2)cc1. The van der Waals surface area contributed by atoms with Crippen LogP contribution >= 0.6 is 11.8 Å². The molecule has 0 saturated carbocycles. The second kappa shape index (κ2) is 11.1. The molecule has 0 unspecified atom stereocenters. The highest BCUT2D eigenvalue weighted by Crippen LogP contribution is 2.37. The van der Waals surface area contributed by atoms with Gasteiger partial charge >= 0.3 is 0 Å². The molecule has 4 aromatic carbocycles. The van der Waals surface area contributed by atoms with Crippen molar-refractivity contribution >= 4 is 45.4 Å². The number of carbonyl (C=O) groups excluding carboxylic acids is 1. The summed E-state index contributed by atoms with van der Waals surface area (Å²) in [6.07, 6.45) is 1.98. The number of ether oxygens (including phenoxy) is 1. The van der Waals surface area contributed by atoms with Crippen LogP contribution in [0.2, 0.25) is 0 Å². The highest BCUT2D eigenvalue weighted by Gasteiger charge is 2.33.